The lowest BCUT2D eigenvalue weighted by Gasteiger charge is -2.21. The standard InChI is InChI=1S/C22H28N2O4S/c1-14-12-17(23-21(27)22(3,4)5)29-18(14)20(26)28-15(2)19(25)24(6)13-16-10-8-7-9-11-16/h7-12,15H,13H2,1-6H3,(H,23,27). The number of rotatable bonds is 6. The number of nitrogens with one attached hydrogen (secondary N) is 1. The van der Waals surface area contributed by atoms with Gasteiger partial charge < -0.3 is 15.0 Å². The number of ether oxygens (including phenoxy) is 1. The minimum atomic E-state index is -0.912. The summed E-state index contributed by atoms with van der Waals surface area (Å²) in [6, 6.07) is 11.3. The molecule has 0 spiro atoms. The van der Waals surface area contributed by atoms with Gasteiger partial charge in [-0.3, -0.25) is 9.59 Å². The minimum Gasteiger partial charge on any atom is -0.448 e. The first-order valence-electron chi connectivity index (χ1n) is 9.41. The van der Waals surface area contributed by atoms with E-state index in [1.165, 1.54) is 4.90 Å². The van der Waals surface area contributed by atoms with E-state index in [1.54, 1.807) is 27.0 Å². The molecule has 0 saturated heterocycles. The Bertz CT molecular complexity index is 884. The predicted octanol–water partition coefficient (Wildman–Crippen LogP) is 4.25. The Kier molecular flexibility index (Phi) is 7.19. The van der Waals surface area contributed by atoms with Crippen LogP contribution in [0.15, 0.2) is 36.4 Å². The largest absolute Gasteiger partial charge is 0.448 e. The second-order valence-corrected chi connectivity index (χ2v) is 9.11. The van der Waals surface area contributed by atoms with E-state index in [9.17, 15) is 14.4 Å². The van der Waals surface area contributed by atoms with Gasteiger partial charge in [-0.1, -0.05) is 51.1 Å². The Morgan fingerprint density at radius 2 is 1.79 bits per heavy atom. The Hall–Kier alpha value is -2.67. The molecule has 2 aromatic rings. The monoisotopic (exact) mass is 416 g/mol. The molecule has 1 aromatic heterocycles. The van der Waals surface area contributed by atoms with Crippen molar-refractivity contribution >= 4 is 34.1 Å². The molecule has 0 aliphatic rings. The van der Waals surface area contributed by atoms with Gasteiger partial charge in [-0.2, -0.15) is 0 Å². The fourth-order valence-electron chi connectivity index (χ4n) is 2.56. The highest BCUT2D eigenvalue weighted by molar-refractivity contribution is 7.18. The lowest BCUT2D eigenvalue weighted by Crippen LogP contribution is -2.37. The molecule has 6 nitrogen and oxygen atoms in total. The highest BCUT2D eigenvalue weighted by Crippen LogP contribution is 2.29. The second-order valence-electron chi connectivity index (χ2n) is 8.05. The van der Waals surface area contributed by atoms with Crippen LogP contribution in [0.2, 0.25) is 0 Å². The molecule has 0 saturated carbocycles. The van der Waals surface area contributed by atoms with Crippen LogP contribution in [0.3, 0.4) is 0 Å². The van der Waals surface area contributed by atoms with E-state index in [0.717, 1.165) is 16.9 Å². The summed E-state index contributed by atoms with van der Waals surface area (Å²) in [7, 11) is 1.68. The van der Waals surface area contributed by atoms with Gasteiger partial charge >= 0.3 is 5.97 Å². The van der Waals surface area contributed by atoms with Gasteiger partial charge in [0.05, 0.1) is 5.00 Å². The summed E-state index contributed by atoms with van der Waals surface area (Å²) in [5.74, 6) is -0.986. The molecule has 2 amide bonds. The van der Waals surface area contributed by atoms with Gasteiger partial charge in [0, 0.05) is 19.0 Å². The zero-order chi connectivity index (χ0) is 21.8. The maximum Gasteiger partial charge on any atom is 0.349 e. The summed E-state index contributed by atoms with van der Waals surface area (Å²) in [6.45, 7) is 9.22. The summed E-state index contributed by atoms with van der Waals surface area (Å²) < 4.78 is 5.39. The number of carbonyl (C=O) groups is 3. The third kappa shape index (κ3) is 6.15. The summed E-state index contributed by atoms with van der Waals surface area (Å²) in [4.78, 5) is 39.2. The maximum absolute atomic E-state index is 12.6. The van der Waals surface area contributed by atoms with Crippen molar-refractivity contribution < 1.29 is 19.1 Å². The van der Waals surface area contributed by atoms with Crippen molar-refractivity contribution in [1.82, 2.24) is 4.90 Å². The molecular weight excluding hydrogens is 388 g/mol. The first-order valence-corrected chi connectivity index (χ1v) is 10.2. The van der Waals surface area contributed by atoms with Crippen LogP contribution >= 0.6 is 11.3 Å². The molecule has 0 bridgehead atoms. The quantitative estimate of drug-likeness (QED) is 0.715. The Morgan fingerprint density at radius 3 is 2.38 bits per heavy atom. The number of thiophene rings is 1. The highest BCUT2D eigenvalue weighted by atomic mass is 32.1. The topological polar surface area (TPSA) is 75.7 Å². The molecule has 7 heteroatoms. The number of anilines is 1. The zero-order valence-electron chi connectivity index (χ0n) is 17.7. The fraction of sp³-hybridized carbons (Fsp3) is 0.409. The lowest BCUT2D eigenvalue weighted by atomic mass is 9.96. The molecule has 0 radical (unpaired) electrons. The van der Waals surface area contributed by atoms with Crippen molar-refractivity contribution in [3.63, 3.8) is 0 Å². The van der Waals surface area contributed by atoms with Gasteiger partial charge in [0.15, 0.2) is 6.10 Å². The van der Waals surface area contributed by atoms with Gasteiger partial charge in [-0.05, 0) is 31.0 Å². The van der Waals surface area contributed by atoms with E-state index in [2.05, 4.69) is 5.32 Å². The van der Waals surface area contributed by atoms with E-state index in [1.807, 2.05) is 51.1 Å². The third-order valence-electron chi connectivity index (χ3n) is 4.29. The van der Waals surface area contributed by atoms with Crippen LogP contribution in [0, 0.1) is 12.3 Å². The maximum atomic E-state index is 12.6. The number of nitrogens with zero attached hydrogens (tertiary/aromatic N) is 1. The van der Waals surface area contributed by atoms with Crippen LogP contribution in [-0.2, 0) is 20.9 Å². The Morgan fingerprint density at radius 1 is 1.17 bits per heavy atom. The van der Waals surface area contributed by atoms with Crippen molar-refractivity contribution in [3.05, 3.63) is 52.4 Å². The van der Waals surface area contributed by atoms with Crippen LogP contribution in [0.1, 0.15) is 48.5 Å². The molecule has 1 atom stereocenters. The molecule has 0 aliphatic carbocycles. The van der Waals surface area contributed by atoms with Crippen LogP contribution in [0.25, 0.3) is 0 Å². The molecule has 2 rings (SSSR count). The number of amides is 2. The summed E-state index contributed by atoms with van der Waals surface area (Å²) in [5.41, 5.74) is 1.15. The van der Waals surface area contributed by atoms with E-state index in [0.29, 0.717) is 22.0 Å². The molecule has 1 heterocycles. The zero-order valence-corrected chi connectivity index (χ0v) is 18.6. The number of aryl methyl sites for hydroxylation is 1. The van der Waals surface area contributed by atoms with Gasteiger partial charge in [0.1, 0.15) is 4.88 Å². The highest BCUT2D eigenvalue weighted by Gasteiger charge is 2.26. The summed E-state index contributed by atoms with van der Waals surface area (Å²) >= 11 is 1.15. The lowest BCUT2D eigenvalue weighted by molar-refractivity contribution is -0.139. The van der Waals surface area contributed by atoms with Crippen molar-refractivity contribution in [1.29, 1.82) is 0 Å². The van der Waals surface area contributed by atoms with Crippen molar-refractivity contribution in [3.8, 4) is 0 Å². The van der Waals surface area contributed by atoms with Gasteiger partial charge in [0.2, 0.25) is 5.91 Å². The average molecular weight is 417 g/mol. The SMILES string of the molecule is Cc1cc(NC(=O)C(C)(C)C)sc1C(=O)OC(C)C(=O)N(C)Cc1ccccc1. The van der Waals surface area contributed by atoms with E-state index < -0.39 is 17.5 Å². The second kappa shape index (κ2) is 9.22. The molecular formula is C22H28N2O4S. The molecule has 29 heavy (non-hydrogen) atoms. The van der Waals surface area contributed by atoms with E-state index >= 15 is 0 Å². The Balaban J connectivity index is 2.00. The number of benzene rings is 1. The third-order valence-corrected chi connectivity index (χ3v) is 5.42. The van der Waals surface area contributed by atoms with Crippen molar-refractivity contribution in [2.75, 3.05) is 12.4 Å². The minimum absolute atomic E-state index is 0.134. The molecule has 1 aromatic carbocycles. The smallest absolute Gasteiger partial charge is 0.349 e. The molecule has 1 unspecified atom stereocenters. The van der Waals surface area contributed by atoms with E-state index in [-0.39, 0.29) is 11.8 Å². The number of hydrogen-bond acceptors (Lipinski definition) is 5. The number of carbonyl (C=O) groups excluding carboxylic acids is 3. The predicted molar refractivity (Wildman–Crippen MR) is 115 cm³/mol. The van der Waals surface area contributed by atoms with Crippen LogP contribution in [-0.4, -0.2) is 35.8 Å². The number of hydrogen-bond donors (Lipinski definition) is 1. The average Bonchev–Trinajstić information content (AvgIpc) is 3.01. The fourth-order valence-corrected chi connectivity index (χ4v) is 3.51. The Labute approximate surface area is 175 Å². The number of esters is 1. The van der Waals surface area contributed by atoms with Crippen molar-refractivity contribution in [2.24, 2.45) is 5.41 Å². The van der Waals surface area contributed by atoms with E-state index in [4.69, 9.17) is 4.74 Å². The molecule has 0 aliphatic heterocycles. The van der Waals surface area contributed by atoms with Crippen LogP contribution in [0.4, 0.5) is 5.00 Å². The summed E-state index contributed by atoms with van der Waals surface area (Å²) in [5, 5.41) is 3.39. The van der Waals surface area contributed by atoms with Crippen molar-refractivity contribution in [2.45, 2.75) is 47.3 Å². The van der Waals surface area contributed by atoms with Crippen LogP contribution in [0.5, 0.6) is 0 Å². The number of likely N-dealkylation sites (N-methyl/N-ethyl adjacent to an activating group) is 1. The van der Waals surface area contributed by atoms with Gasteiger partial charge in [-0.15, -0.1) is 11.3 Å². The normalized spacial score (nSPS) is 12.2. The first-order chi connectivity index (χ1) is 13.5. The van der Waals surface area contributed by atoms with Crippen LogP contribution < -0.4 is 5.32 Å². The molecule has 156 valence electrons. The summed E-state index contributed by atoms with van der Waals surface area (Å²) in [6.07, 6.45) is -0.912. The van der Waals surface area contributed by atoms with Gasteiger partial charge in [-0.25, -0.2) is 4.79 Å². The molecule has 0 fully saturated rings. The van der Waals surface area contributed by atoms with Gasteiger partial charge in [0.25, 0.3) is 5.91 Å². The molecule has 1 N–H and O–H groups in total. The first kappa shape index (κ1) is 22.6.